The molecule has 1 aromatic rings. The summed E-state index contributed by atoms with van der Waals surface area (Å²) in [6.07, 6.45) is -0.141. The summed E-state index contributed by atoms with van der Waals surface area (Å²) in [6, 6.07) is 6.54. The van der Waals surface area contributed by atoms with Crippen molar-refractivity contribution in [1.29, 1.82) is 0 Å². The number of benzene rings is 1. The van der Waals surface area contributed by atoms with Gasteiger partial charge in [0.25, 0.3) is 0 Å². The summed E-state index contributed by atoms with van der Waals surface area (Å²) < 4.78 is 0. The Hall–Kier alpha value is -2.04. The summed E-state index contributed by atoms with van der Waals surface area (Å²) in [5.74, 6) is -1.58. The van der Waals surface area contributed by atoms with Crippen LogP contribution in [0.25, 0.3) is 0 Å². The summed E-state index contributed by atoms with van der Waals surface area (Å²) in [5.41, 5.74) is 0.531. The first-order valence-corrected chi connectivity index (χ1v) is 5.25. The first kappa shape index (κ1) is 13.0. The SMILES string of the molecule is CC(=O)NCC(CC(=O)O)c1ccccc1O. The molecule has 0 radical (unpaired) electrons. The second-order valence-electron chi connectivity index (χ2n) is 3.79. The number of hydrogen-bond donors (Lipinski definition) is 3. The van der Waals surface area contributed by atoms with Gasteiger partial charge in [0, 0.05) is 19.4 Å². The lowest BCUT2D eigenvalue weighted by Gasteiger charge is -2.16. The Morgan fingerprint density at radius 3 is 2.53 bits per heavy atom. The molecule has 0 saturated heterocycles. The number of carboxylic acids is 1. The molecule has 92 valence electrons. The number of amides is 1. The fourth-order valence-electron chi connectivity index (χ4n) is 1.60. The number of aromatic hydroxyl groups is 1. The summed E-state index contributed by atoms with van der Waals surface area (Å²) in [7, 11) is 0. The van der Waals surface area contributed by atoms with Crippen LogP contribution < -0.4 is 5.32 Å². The molecule has 0 aromatic heterocycles. The molecule has 1 unspecified atom stereocenters. The lowest BCUT2D eigenvalue weighted by atomic mass is 9.95. The maximum Gasteiger partial charge on any atom is 0.304 e. The van der Waals surface area contributed by atoms with E-state index in [9.17, 15) is 14.7 Å². The summed E-state index contributed by atoms with van der Waals surface area (Å²) >= 11 is 0. The van der Waals surface area contributed by atoms with Crippen molar-refractivity contribution >= 4 is 11.9 Å². The lowest BCUT2D eigenvalue weighted by Crippen LogP contribution is -2.27. The molecule has 1 aromatic carbocycles. The Labute approximate surface area is 99.1 Å². The van der Waals surface area contributed by atoms with E-state index >= 15 is 0 Å². The van der Waals surface area contributed by atoms with E-state index in [1.165, 1.54) is 13.0 Å². The van der Waals surface area contributed by atoms with Gasteiger partial charge in [-0.25, -0.2) is 0 Å². The Bertz CT molecular complexity index is 417. The number of aliphatic carboxylic acids is 1. The van der Waals surface area contributed by atoms with Crippen molar-refractivity contribution < 1.29 is 19.8 Å². The van der Waals surface area contributed by atoms with Crippen LogP contribution in [0.3, 0.4) is 0 Å². The molecule has 17 heavy (non-hydrogen) atoms. The van der Waals surface area contributed by atoms with Crippen molar-refractivity contribution in [3.63, 3.8) is 0 Å². The van der Waals surface area contributed by atoms with Gasteiger partial charge < -0.3 is 15.5 Å². The molecule has 0 aliphatic carbocycles. The molecular weight excluding hydrogens is 222 g/mol. The molecule has 0 saturated carbocycles. The molecule has 0 aliphatic rings. The number of rotatable bonds is 5. The van der Waals surface area contributed by atoms with Crippen LogP contribution in [0.15, 0.2) is 24.3 Å². The summed E-state index contributed by atoms with van der Waals surface area (Å²) in [5, 5.41) is 21.0. The van der Waals surface area contributed by atoms with Crippen molar-refractivity contribution in [3.05, 3.63) is 29.8 Å². The van der Waals surface area contributed by atoms with Crippen molar-refractivity contribution in [2.75, 3.05) is 6.54 Å². The zero-order chi connectivity index (χ0) is 12.8. The molecule has 0 fully saturated rings. The first-order chi connectivity index (χ1) is 8.00. The highest BCUT2D eigenvalue weighted by molar-refractivity contribution is 5.73. The maximum atomic E-state index is 10.8. The molecule has 0 heterocycles. The van der Waals surface area contributed by atoms with E-state index in [2.05, 4.69) is 5.32 Å². The number of carbonyl (C=O) groups excluding carboxylic acids is 1. The number of phenols is 1. The normalized spacial score (nSPS) is 11.8. The Balaban J connectivity index is 2.85. The van der Waals surface area contributed by atoms with Gasteiger partial charge in [-0.2, -0.15) is 0 Å². The van der Waals surface area contributed by atoms with Crippen LogP contribution >= 0.6 is 0 Å². The van der Waals surface area contributed by atoms with Gasteiger partial charge >= 0.3 is 5.97 Å². The number of para-hydroxylation sites is 1. The van der Waals surface area contributed by atoms with E-state index in [4.69, 9.17) is 5.11 Å². The minimum atomic E-state index is -0.969. The van der Waals surface area contributed by atoms with Gasteiger partial charge in [-0.3, -0.25) is 9.59 Å². The molecule has 1 atom stereocenters. The fraction of sp³-hybridized carbons (Fsp3) is 0.333. The van der Waals surface area contributed by atoms with Gasteiger partial charge in [-0.1, -0.05) is 18.2 Å². The van der Waals surface area contributed by atoms with E-state index in [1.807, 2.05) is 0 Å². The minimum Gasteiger partial charge on any atom is -0.508 e. The van der Waals surface area contributed by atoms with E-state index in [0.717, 1.165) is 0 Å². The number of carboxylic acid groups (broad SMARTS) is 1. The van der Waals surface area contributed by atoms with E-state index in [1.54, 1.807) is 18.2 Å². The molecule has 0 bridgehead atoms. The van der Waals surface area contributed by atoms with Gasteiger partial charge in [0.1, 0.15) is 5.75 Å². The molecular formula is C12H15NO4. The molecule has 5 heteroatoms. The van der Waals surface area contributed by atoms with Gasteiger partial charge in [0.05, 0.1) is 6.42 Å². The molecule has 3 N–H and O–H groups in total. The highest BCUT2D eigenvalue weighted by atomic mass is 16.4. The fourth-order valence-corrected chi connectivity index (χ4v) is 1.60. The molecule has 1 rings (SSSR count). The number of phenolic OH excluding ortho intramolecular Hbond substituents is 1. The van der Waals surface area contributed by atoms with Gasteiger partial charge in [0.15, 0.2) is 0 Å². The Kier molecular flexibility index (Phi) is 4.51. The number of carbonyl (C=O) groups is 2. The zero-order valence-corrected chi connectivity index (χ0v) is 9.51. The summed E-state index contributed by atoms with van der Waals surface area (Å²) in [6.45, 7) is 1.56. The maximum absolute atomic E-state index is 10.8. The average molecular weight is 237 g/mol. The van der Waals surface area contributed by atoms with Crippen LogP contribution in [0.2, 0.25) is 0 Å². The van der Waals surface area contributed by atoms with Crippen LogP contribution in [0.4, 0.5) is 0 Å². The predicted molar refractivity (Wildman–Crippen MR) is 61.8 cm³/mol. The highest BCUT2D eigenvalue weighted by Crippen LogP contribution is 2.27. The summed E-state index contributed by atoms with van der Waals surface area (Å²) in [4.78, 5) is 21.6. The third-order valence-corrected chi connectivity index (χ3v) is 2.40. The largest absolute Gasteiger partial charge is 0.508 e. The highest BCUT2D eigenvalue weighted by Gasteiger charge is 2.18. The van der Waals surface area contributed by atoms with E-state index in [0.29, 0.717) is 5.56 Å². The van der Waals surface area contributed by atoms with Gasteiger partial charge in [0.2, 0.25) is 5.91 Å². The second-order valence-corrected chi connectivity index (χ2v) is 3.79. The topological polar surface area (TPSA) is 86.6 Å². The monoisotopic (exact) mass is 237 g/mol. The Morgan fingerprint density at radius 1 is 1.35 bits per heavy atom. The van der Waals surface area contributed by atoms with Crippen molar-refractivity contribution in [2.45, 2.75) is 19.3 Å². The quantitative estimate of drug-likeness (QED) is 0.715. The first-order valence-electron chi connectivity index (χ1n) is 5.25. The predicted octanol–water partition coefficient (Wildman–Crippen LogP) is 1.09. The van der Waals surface area contributed by atoms with E-state index < -0.39 is 11.9 Å². The van der Waals surface area contributed by atoms with Crippen LogP contribution in [0, 0.1) is 0 Å². The van der Waals surface area contributed by atoms with Crippen molar-refractivity contribution in [3.8, 4) is 5.75 Å². The van der Waals surface area contributed by atoms with E-state index in [-0.39, 0.29) is 24.6 Å². The van der Waals surface area contributed by atoms with Crippen LogP contribution in [0.5, 0.6) is 5.75 Å². The lowest BCUT2D eigenvalue weighted by molar-refractivity contribution is -0.137. The van der Waals surface area contributed by atoms with Gasteiger partial charge in [-0.05, 0) is 11.6 Å². The minimum absolute atomic E-state index is 0.0455. The molecule has 0 spiro atoms. The smallest absolute Gasteiger partial charge is 0.304 e. The average Bonchev–Trinajstić information content (AvgIpc) is 2.24. The molecule has 0 aliphatic heterocycles. The third-order valence-electron chi connectivity index (χ3n) is 2.40. The van der Waals surface area contributed by atoms with Crippen LogP contribution in [0.1, 0.15) is 24.8 Å². The standard InChI is InChI=1S/C12H15NO4/c1-8(14)13-7-9(6-12(16)17)10-4-2-3-5-11(10)15/h2-5,9,15H,6-7H2,1H3,(H,13,14)(H,16,17). The molecule has 1 amide bonds. The van der Waals surface area contributed by atoms with Crippen LogP contribution in [-0.4, -0.2) is 28.6 Å². The van der Waals surface area contributed by atoms with Crippen molar-refractivity contribution in [1.82, 2.24) is 5.32 Å². The molecule has 5 nitrogen and oxygen atoms in total. The van der Waals surface area contributed by atoms with Crippen LogP contribution in [-0.2, 0) is 9.59 Å². The van der Waals surface area contributed by atoms with Crippen molar-refractivity contribution in [2.24, 2.45) is 0 Å². The van der Waals surface area contributed by atoms with Gasteiger partial charge in [-0.15, -0.1) is 0 Å². The number of hydrogen-bond acceptors (Lipinski definition) is 3. The zero-order valence-electron chi connectivity index (χ0n) is 9.51. The third kappa shape index (κ3) is 4.14. The number of nitrogens with one attached hydrogen (secondary N) is 1. The second kappa shape index (κ2) is 5.89. The Morgan fingerprint density at radius 2 is 2.00 bits per heavy atom.